The molecule has 2 aliphatic heterocycles. The van der Waals surface area contributed by atoms with Crippen LogP contribution in [0.3, 0.4) is 0 Å². The van der Waals surface area contributed by atoms with Crippen LogP contribution in [0.25, 0.3) is 0 Å². The average Bonchev–Trinajstić information content (AvgIpc) is 3.32. The van der Waals surface area contributed by atoms with E-state index in [4.69, 9.17) is 14.2 Å². The van der Waals surface area contributed by atoms with E-state index in [0.29, 0.717) is 5.92 Å². The van der Waals surface area contributed by atoms with Crippen LogP contribution in [0.2, 0.25) is 0 Å². The van der Waals surface area contributed by atoms with Gasteiger partial charge in [0.1, 0.15) is 18.3 Å². The van der Waals surface area contributed by atoms with Crippen molar-refractivity contribution in [3.63, 3.8) is 0 Å². The average molecular weight is 547 g/mol. The summed E-state index contributed by atoms with van der Waals surface area (Å²) in [5.41, 5.74) is -2.37. The van der Waals surface area contributed by atoms with E-state index >= 15 is 0 Å². The van der Waals surface area contributed by atoms with Crippen molar-refractivity contribution < 1.29 is 34.3 Å². The maximum Gasteiger partial charge on any atom is 0.302 e. The maximum atomic E-state index is 12.7. The highest BCUT2D eigenvalue weighted by molar-refractivity contribution is 5.66. The first-order valence-corrected chi connectivity index (χ1v) is 15.5. The molecule has 0 radical (unpaired) electrons. The quantitative estimate of drug-likeness (QED) is 0.446. The monoisotopic (exact) mass is 546 g/mol. The van der Waals surface area contributed by atoms with Gasteiger partial charge < -0.3 is 29.5 Å². The maximum absolute atomic E-state index is 12.7. The van der Waals surface area contributed by atoms with Crippen LogP contribution in [-0.2, 0) is 19.0 Å². The Morgan fingerprint density at radius 2 is 1.64 bits per heavy atom. The molecule has 2 heterocycles. The van der Waals surface area contributed by atoms with E-state index in [2.05, 4.69) is 34.6 Å². The Bertz CT molecular complexity index is 1100. The number of fused-ring (bicyclic) bond motifs is 4. The Morgan fingerprint density at radius 1 is 0.974 bits per heavy atom. The van der Waals surface area contributed by atoms with Gasteiger partial charge in [0.05, 0.1) is 17.8 Å². The summed E-state index contributed by atoms with van der Waals surface area (Å²) in [7, 11) is 0. The highest BCUT2D eigenvalue weighted by Gasteiger charge is 2.90. The van der Waals surface area contributed by atoms with Crippen molar-refractivity contribution in [3.05, 3.63) is 0 Å². The molecule has 7 fully saturated rings. The van der Waals surface area contributed by atoms with Crippen LogP contribution in [0, 0.1) is 50.7 Å². The summed E-state index contributed by atoms with van der Waals surface area (Å²) in [6.45, 7) is 16.2. The van der Waals surface area contributed by atoms with Crippen LogP contribution in [0.15, 0.2) is 0 Å². The molecule has 14 unspecified atom stereocenters. The van der Waals surface area contributed by atoms with Crippen molar-refractivity contribution in [1.29, 1.82) is 0 Å². The lowest BCUT2D eigenvalue weighted by molar-refractivity contribution is -0.283. The standard InChI is InChI=1S/C32H50O7/c1-16-13-18-24(27(5,6)36)39-32(38-18)23(16)29(8)22(37-17(2)33)14-31-15-30(31)12-11-21(34)26(3,4)19(30)9-10-20(31)28(29,7)25(32)35/h16,18-25,34-36H,9-15H2,1-8H3. The van der Waals surface area contributed by atoms with Crippen LogP contribution in [0.4, 0.5) is 0 Å². The Hall–Kier alpha value is -0.730. The molecule has 0 aromatic heterocycles. The normalized spacial score (nSPS) is 60.3. The molecule has 0 aromatic carbocycles. The summed E-state index contributed by atoms with van der Waals surface area (Å²) in [5.74, 6) is -0.874. The van der Waals surface area contributed by atoms with Gasteiger partial charge in [-0.05, 0) is 92.8 Å². The number of aliphatic hydroxyl groups excluding tert-OH is 2. The molecule has 0 amide bonds. The van der Waals surface area contributed by atoms with Crippen molar-refractivity contribution in [2.75, 3.05) is 0 Å². The highest BCUT2D eigenvalue weighted by Crippen LogP contribution is 2.90. The smallest absolute Gasteiger partial charge is 0.302 e. The number of carbonyl (C=O) groups excluding carboxylic acids is 1. The lowest BCUT2D eigenvalue weighted by Gasteiger charge is -2.65. The Morgan fingerprint density at radius 3 is 2.28 bits per heavy atom. The molecule has 2 bridgehead atoms. The minimum absolute atomic E-state index is 0.0380. The topological polar surface area (TPSA) is 105 Å². The van der Waals surface area contributed by atoms with E-state index in [0.717, 1.165) is 44.9 Å². The van der Waals surface area contributed by atoms with Gasteiger partial charge in [0.2, 0.25) is 0 Å². The molecule has 5 saturated carbocycles. The first-order chi connectivity index (χ1) is 17.9. The number of hydrogen-bond acceptors (Lipinski definition) is 7. The molecule has 2 saturated heterocycles. The molecule has 7 heteroatoms. The van der Waals surface area contributed by atoms with Crippen molar-refractivity contribution >= 4 is 5.97 Å². The third-order valence-electron chi connectivity index (χ3n) is 14.5. The summed E-state index contributed by atoms with van der Waals surface area (Å²) >= 11 is 0. The SMILES string of the molecule is CC(=O)OC1CC23CC24CCC(O)C(C)(C)C4CCC3C2(C)C(O)C34OC(CC(C)C3C12C)C(C(C)(C)O)O4. The van der Waals surface area contributed by atoms with Crippen LogP contribution in [-0.4, -0.2) is 63.2 Å². The fourth-order valence-electron chi connectivity index (χ4n) is 13.0. The number of carbonyl (C=O) groups is 1. The van der Waals surface area contributed by atoms with Gasteiger partial charge >= 0.3 is 5.97 Å². The minimum atomic E-state index is -1.23. The van der Waals surface area contributed by atoms with Crippen molar-refractivity contribution in [2.24, 2.45) is 50.7 Å². The van der Waals surface area contributed by atoms with Gasteiger partial charge in [0.15, 0.2) is 5.79 Å². The van der Waals surface area contributed by atoms with Gasteiger partial charge in [-0.2, -0.15) is 0 Å². The lowest BCUT2D eigenvalue weighted by atomic mass is 9.40. The van der Waals surface area contributed by atoms with Crippen LogP contribution >= 0.6 is 0 Å². The molecular weight excluding hydrogens is 496 g/mol. The molecule has 7 aliphatic rings. The molecule has 0 aromatic rings. The van der Waals surface area contributed by atoms with Gasteiger partial charge in [-0.1, -0.05) is 34.6 Å². The molecule has 14 atom stereocenters. The fraction of sp³-hybridized carbons (Fsp3) is 0.969. The van der Waals surface area contributed by atoms with E-state index in [-0.39, 0.29) is 58.3 Å². The summed E-state index contributed by atoms with van der Waals surface area (Å²) in [4.78, 5) is 12.7. The minimum Gasteiger partial charge on any atom is -0.462 e. The third kappa shape index (κ3) is 2.77. The highest BCUT2D eigenvalue weighted by atomic mass is 16.8. The van der Waals surface area contributed by atoms with Crippen LogP contribution in [0.5, 0.6) is 0 Å². The summed E-state index contributed by atoms with van der Waals surface area (Å²) in [6.07, 6.45) is 4.04. The molecule has 7 nitrogen and oxygen atoms in total. The zero-order valence-corrected chi connectivity index (χ0v) is 25.1. The van der Waals surface area contributed by atoms with Crippen molar-refractivity contribution in [2.45, 2.75) is 142 Å². The second-order valence-corrected chi connectivity index (χ2v) is 16.6. The molecule has 220 valence electrons. The lowest BCUT2D eigenvalue weighted by Crippen LogP contribution is -2.65. The van der Waals surface area contributed by atoms with Gasteiger partial charge in [-0.15, -0.1) is 0 Å². The van der Waals surface area contributed by atoms with E-state index in [9.17, 15) is 20.1 Å². The van der Waals surface area contributed by atoms with Crippen molar-refractivity contribution in [1.82, 2.24) is 0 Å². The fourth-order valence-corrected chi connectivity index (χ4v) is 13.0. The molecule has 5 aliphatic carbocycles. The predicted molar refractivity (Wildman–Crippen MR) is 143 cm³/mol. The Balaban J connectivity index is 1.39. The molecule has 3 spiro atoms. The zero-order chi connectivity index (χ0) is 28.3. The number of esters is 1. The Labute approximate surface area is 233 Å². The van der Waals surface area contributed by atoms with Crippen LogP contribution in [0.1, 0.15) is 100 Å². The summed E-state index contributed by atoms with van der Waals surface area (Å²) in [5, 5.41) is 34.8. The van der Waals surface area contributed by atoms with Crippen LogP contribution < -0.4 is 0 Å². The van der Waals surface area contributed by atoms with E-state index in [1.54, 1.807) is 13.8 Å². The number of ether oxygens (including phenoxy) is 3. The van der Waals surface area contributed by atoms with Gasteiger partial charge in [-0.3, -0.25) is 4.79 Å². The zero-order valence-electron chi connectivity index (χ0n) is 25.1. The van der Waals surface area contributed by atoms with Gasteiger partial charge in [0, 0.05) is 23.7 Å². The molecule has 3 N–H and O–H groups in total. The Kier molecular flexibility index (Phi) is 5.16. The molecular formula is C32H50O7. The van der Waals surface area contributed by atoms with E-state index in [1.165, 1.54) is 6.92 Å². The predicted octanol–water partition coefficient (Wildman–Crippen LogP) is 4.20. The summed E-state index contributed by atoms with van der Waals surface area (Å²) in [6, 6.07) is 0. The van der Waals surface area contributed by atoms with E-state index < -0.39 is 34.4 Å². The third-order valence-corrected chi connectivity index (χ3v) is 14.5. The number of aliphatic hydroxyl groups is 3. The summed E-state index contributed by atoms with van der Waals surface area (Å²) < 4.78 is 19.9. The first-order valence-electron chi connectivity index (χ1n) is 15.5. The van der Waals surface area contributed by atoms with Gasteiger partial charge in [0.25, 0.3) is 0 Å². The number of rotatable bonds is 2. The molecule has 7 rings (SSSR count). The largest absolute Gasteiger partial charge is 0.462 e. The second-order valence-electron chi connectivity index (χ2n) is 16.6. The van der Waals surface area contributed by atoms with E-state index in [1.807, 2.05) is 0 Å². The number of hydrogen-bond donors (Lipinski definition) is 3. The van der Waals surface area contributed by atoms with Gasteiger partial charge in [-0.25, -0.2) is 0 Å². The van der Waals surface area contributed by atoms with Crippen molar-refractivity contribution in [3.8, 4) is 0 Å². The second kappa shape index (κ2) is 7.42. The first kappa shape index (κ1) is 27.1. The molecule has 39 heavy (non-hydrogen) atoms.